The van der Waals surface area contributed by atoms with Crippen LogP contribution in [0.4, 0.5) is 0 Å². The third-order valence-electron chi connectivity index (χ3n) is 8.23. The van der Waals surface area contributed by atoms with Crippen LogP contribution in [0.15, 0.2) is 35.3 Å². The molecule has 0 spiro atoms. The molecule has 59 heavy (non-hydrogen) atoms. The van der Waals surface area contributed by atoms with Crippen LogP contribution >= 0.6 is 0 Å². The maximum Gasteiger partial charge on any atom is 0.322 e. The third kappa shape index (κ3) is 21.3. The fourth-order valence-corrected chi connectivity index (χ4v) is 5.10. The van der Waals surface area contributed by atoms with Crippen LogP contribution in [0.2, 0.25) is 0 Å². The second-order valence-electron chi connectivity index (χ2n) is 13.1. The molecule has 0 aromatic heterocycles. The lowest BCUT2D eigenvalue weighted by molar-refractivity contribution is -0.139. The van der Waals surface area contributed by atoms with E-state index in [4.69, 9.17) is 32.5 Å². The molecule has 0 fully saturated rings. The van der Waals surface area contributed by atoms with Gasteiger partial charge in [0.2, 0.25) is 35.4 Å². The van der Waals surface area contributed by atoms with Crippen LogP contribution in [0.5, 0.6) is 0 Å². The van der Waals surface area contributed by atoms with Gasteiger partial charge in [0.15, 0.2) is 5.96 Å². The van der Waals surface area contributed by atoms with Gasteiger partial charge >= 0.3 is 23.9 Å². The Labute approximate surface area is 337 Å². The average molecular weight is 837 g/mol. The van der Waals surface area contributed by atoms with Crippen LogP contribution in [0, 0.1) is 0 Å². The number of carboxylic acid groups (broad SMARTS) is 4. The molecule has 6 atom stereocenters. The van der Waals surface area contributed by atoms with Gasteiger partial charge in [0.1, 0.15) is 36.8 Å². The Morgan fingerprint density at radius 2 is 1.03 bits per heavy atom. The van der Waals surface area contributed by atoms with Crippen LogP contribution < -0.4 is 49.1 Å². The van der Waals surface area contributed by atoms with Crippen LogP contribution in [-0.2, 0) is 54.4 Å². The van der Waals surface area contributed by atoms with Gasteiger partial charge in [-0.2, -0.15) is 0 Å². The Morgan fingerprint density at radius 1 is 0.576 bits per heavy atom. The standard InChI is InChI=1S/C35H52N10O14/c1-18(41-32(57)22(10-13-26(48)49)43-30(55)20(36)9-12-25(46)47)29(54)42-23(11-14-27(50)51)33(58)45-24(16-19-6-3-2-4-7-19)34(59)44-21(8-5-15-39-35(37)38)31(56)40-17-28(52)53/h2-4,6-7,18,20-24H,5,8-17,36H2,1H3,(H,40,56)(H,41,57)(H,42,54)(H,43,55)(H,44,59)(H,45,58)(H,46,47)(H,48,49)(H,50,51)(H,52,53)(H4,37,38,39)/t18-,20-,21-,22-,23-,24-/m0/s1. The summed E-state index contributed by atoms with van der Waals surface area (Å²) in [5.74, 6) is -11.4. The normalized spacial score (nSPS) is 13.7. The summed E-state index contributed by atoms with van der Waals surface area (Å²) in [7, 11) is 0. The molecule has 1 aromatic carbocycles. The van der Waals surface area contributed by atoms with E-state index in [1.54, 1.807) is 30.3 Å². The van der Waals surface area contributed by atoms with Crippen LogP contribution in [-0.4, -0.2) is 135 Å². The molecule has 0 saturated heterocycles. The maximum atomic E-state index is 13.7. The molecule has 0 aliphatic rings. The third-order valence-corrected chi connectivity index (χ3v) is 8.23. The molecule has 0 aliphatic carbocycles. The molecule has 0 unspecified atom stereocenters. The van der Waals surface area contributed by atoms with E-state index in [9.17, 15) is 53.1 Å². The predicted molar refractivity (Wildman–Crippen MR) is 205 cm³/mol. The van der Waals surface area contributed by atoms with Gasteiger partial charge in [0.05, 0.1) is 6.04 Å². The summed E-state index contributed by atoms with van der Waals surface area (Å²) in [6.45, 7) is 0.450. The van der Waals surface area contributed by atoms with Crippen molar-refractivity contribution in [1.29, 1.82) is 0 Å². The molecular weight excluding hydrogens is 784 g/mol. The van der Waals surface area contributed by atoms with Gasteiger partial charge in [-0.05, 0) is 44.6 Å². The number of aliphatic imine (C=N–C) groups is 1. The van der Waals surface area contributed by atoms with Crippen LogP contribution in [0.3, 0.4) is 0 Å². The fraction of sp³-hybridized carbons (Fsp3) is 0.514. The van der Waals surface area contributed by atoms with Gasteiger partial charge in [-0.15, -0.1) is 0 Å². The lowest BCUT2D eigenvalue weighted by atomic mass is 10.0. The predicted octanol–water partition coefficient (Wildman–Crippen LogP) is -4.15. The van der Waals surface area contributed by atoms with E-state index in [-0.39, 0.29) is 38.2 Å². The lowest BCUT2D eigenvalue weighted by Gasteiger charge is -2.26. The molecule has 0 radical (unpaired) electrons. The number of amides is 6. The van der Waals surface area contributed by atoms with Crippen molar-refractivity contribution in [2.24, 2.45) is 22.2 Å². The summed E-state index contributed by atoms with van der Waals surface area (Å²) < 4.78 is 0. The van der Waals surface area contributed by atoms with E-state index < -0.39 is 134 Å². The van der Waals surface area contributed by atoms with Gasteiger partial charge in [0, 0.05) is 32.2 Å². The highest BCUT2D eigenvalue weighted by Gasteiger charge is 2.32. The summed E-state index contributed by atoms with van der Waals surface area (Å²) in [6, 6.07) is -0.586. The zero-order valence-corrected chi connectivity index (χ0v) is 32.2. The van der Waals surface area contributed by atoms with E-state index in [0.717, 1.165) is 0 Å². The Morgan fingerprint density at radius 3 is 1.56 bits per heavy atom. The lowest BCUT2D eigenvalue weighted by Crippen LogP contribution is -2.59. The molecule has 6 amide bonds. The minimum Gasteiger partial charge on any atom is -0.481 e. The number of aliphatic carboxylic acids is 4. The van der Waals surface area contributed by atoms with Gasteiger partial charge in [-0.1, -0.05) is 30.3 Å². The van der Waals surface area contributed by atoms with E-state index in [0.29, 0.717) is 5.56 Å². The smallest absolute Gasteiger partial charge is 0.322 e. The molecule has 0 aliphatic heterocycles. The Hall–Kier alpha value is -6.85. The minimum atomic E-state index is -1.63. The summed E-state index contributed by atoms with van der Waals surface area (Å²) in [5.41, 5.74) is 16.9. The van der Waals surface area contributed by atoms with E-state index >= 15 is 0 Å². The largest absolute Gasteiger partial charge is 0.481 e. The van der Waals surface area contributed by atoms with Crippen molar-refractivity contribution in [2.75, 3.05) is 13.1 Å². The van der Waals surface area contributed by atoms with Crippen molar-refractivity contribution in [3.63, 3.8) is 0 Å². The number of hydrogen-bond acceptors (Lipinski definition) is 12. The van der Waals surface area contributed by atoms with E-state index in [2.05, 4.69) is 36.9 Å². The van der Waals surface area contributed by atoms with Crippen molar-refractivity contribution in [1.82, 2.24) is 31.9 Å². The van der Waals surface area contributed by atoms with Crippen molar-refractivity contribution in [3.8, 4) is 0 Å². The number of carboxylic acids is 4. The highest BCUT2D eigenvalue weighted by Crippen LogP contribution is 2.09. The Kier molecular flexibility index (Phi) is 22.2. The number of nitrogens with one attached hydrogen (secondary N) is 6. The molecule has 0 bridgehead atoms. The van der Waals surface area contributed by atoms with Crippen molar-refractivity contribution >= 4 is 65.3 Å². The number of guanidine groups is 1. The molecule has 0 heterocycles. The number of nitrogens with zero attached hydrogens (tertiary/aromatic N) is 1. The molecule has 16 N–H and O–H groups in total. The number of carbonyl (C=O) groups is 10. The van der Waals surface area contributed by atoms with Gasteiger partial charge in [0.25, 0.3) is 0 Å². The molecule has 0 saturated carbocycles. The van der Waals surface area contributed by atoms with Gasteiger partial charge in [-0.3, -0.25) is 52.9 Å². The number of carbonyl (C=O) groups excluding carboxylic acids is 6. The van der Waals surface area contributed by atoms with Crippen LogP contribution in [0.1, 0.15) is 63.9 Å². The Balaban J connectivity index is 3.30. The first-order valence-electron chi connectivity index (χ1n) is 18.2. The molecule has 326 valence electrons. The van der Waals surface area contributed by atoms with Crippen molar-refractivity contribution in [3.05, 3.63) is 35.9 Å². The average Bonchev–Trinajstić information content (AvgIpc) is 3.16. The summed E-state index contributed by atoms with van der Waals surface area (Å²) in [6.07, 6.45) is -3.09. The number of nitrogens with two attached hydrogens (primary N) is 3. The first-order chi connectivity index (χ1) is 27.7. The molecule has 24 nitrogen and oxygen atoms in total. The van der Waals surface area contributed by atoms with Crippen molar-refractivity contribution < 1.29 is 68.4 Å². The second-order valence-corrected chi connectivity index (χ2v) is 13.1. The van der Waals surface area contributed by atoms with Crippen LogP contribution in [0.25, 0.3) is 0 Å². The summed E-state index contributed by atoms with van der Waals surface area (Å²) >= 11 is 0. The fourth-order valence-electron chi connectivity index (χ4n) is 5.10. The number of hydrogen-bond donors (Lipinski definition) is 13. The minimum absolute atomic E-state index is 0.0509. The highest BCUT2D eigenvalue weighted by atomic mass is 16.4. The van der Waals surface area contributed by atoms with Crippen molar-refractivity contribution in [2.45, 2.75) is 101 Å². The van der Waals surface area contributed by atoms with Gasteiger partial charge in [-0.25, -0.2) is 0 Å². The summed E-state index contributed by atoms with van der Waals surface area (Å²) in [5, 5.41) is 50.3. The number of rotatable bonds is 28. The first kappa shape index (κ1) is 50.2. The second kappa shape index (κ2) is 26.1. The quantitative estimate of drug-likeness (QED) is 0.0216. The SMILES string of the molecule is C[C@H](NC(=O)[C@H](CCC(=O)O)NC(=O)[C@@H](N)CCC(=O)O)C(=O)N[C@@H](CCC(=O)O)C(=O)N[C@@H](Cc1ccccc1)C(=O)N[C@@H](CCCN=C(N)N)C(=O)NCC(=O)O. The molecule has 24 heteroatoms. The summed E-state index contributed by atoms with van der Waals surface area (Å²) in [4.78, 5) is 128. The zero-order valence-electron chi connectivity index (χ0n) is 32.2. The molecule has 1 rings (SSSR count). The molecule has 1 aromatic rings. The highest BCUT2D eigenvalue weighted by molar-refractivity contribution is 5.97. The first-order valence-corrected chi connectivity index (χ1v) is 18.2. The topological polar surface area (TPSA) is 414 Å². The monoisotopic (exact) mass is 836 g/mol. The van der Waals surface area contributed by atoms with E-state index in [1.165, 1.54) is 6.92 Å². The molecular formula is C35H52N10O14. The zero-order chi connectivity index (χ0) is 44.7. The van der Waals surface area contributed by atoms with E-state index in [1.807, 2.05) is 0 Å². The maximum absolute atomic E-state index is 13.7. The number of benzene rings is 1. The Bertz CT molecular complexity index is 1690. The van der Waals surface area contributed by atoms with Gasteiger partial charge < -0.3 is 69.5 Å².